The summed E-state index contributed by atoms with van der Waals surface area (Å²) in [5.74, 6) is -3.71. The van der Waals surface area contributed by atoms with Gasteiger partial charge < -0.3 is 0 Å². The lowest BCUT2D eigenvalue weighted by Crippen LogP contribution is -2.49. The van der Waals surface area contributed by atoms with Crippen LogP contribution >= 0.6 is 0 Å². The number of nitro benzene ring substituents is 1. The summed E-state index contributed by atoms with van der Waals surface area (Å²) in [6.45, 7) is 0. The van der Waals surface area contributed by atoms with Crippen LogP contribution in [-0.4, -0.2) is 38.6 Å². The second-order valence-electron chi connectivity index (χ2n) is 5.35. The van der Waals surface area contributed by atoms with Gasteiger partial charge in [0, 0.05) is 6.07 Å². The lowest BCUT2D eigenvalue weighted by molar-refractivity contribution is -0.385. The lowest BCUT2D eigenvalue weighted by Gasteiger charge is -2.22. The van der Waals surface area contributed by atoms with Crippen molar-refractivity contribution in [1.29, 1.82) is 0 Å². The van der Waals surface area contributed by atoms with Gasteiger partial charge in [-0.3, -0.25) is 29.3 Å². The summed E-state index contributed by atoms with van der Waals surface area (Å²) in [6.07, 6.45) is 0. The largest absolute Gasteiger partial charge is 0.288 e. The number of imide groups is 2. The molecule has 2 aliphatic heterocycles. The molecule has 0 atom stereocenters. The van der Waals surface area contributed by atoms with E-state index in [-0.39, 0.29) is 16.7 Å². The van der Waals surface area contributed by atoms with Crippen LogP contribution in [0, 0.1) is 10.1 Å². The smallest absolute Gasteiger partial charge is 0.267 e. The first-order valence-corrected chi connectivity index (χ1v) is 7.07. The van der Waals surface area contributed by atoms with Crippen molar-refractivity contribution in [3.8, 4) is 0 Å². The maximum Gasteiger partial charge on any atom is 0.288 e. The molecular weight excluding hydrogens is 330 g/mol. The molecule has 0 saturated heterocycles. The maximum absolute atomic E-state index is 12.6. The third-order valence-corrected chi connectivity index (χ3v) is 4.04. The summed E-state index contributed by atoms with van der Waals surface area (Å²) >= 11 is 0. The number of hydrogen-bond donors (Lipinski definition) is 0. The van der Waals surface area contributed by atoms with Gasteiger partial charge in [0.25, 0.3) is 29.3 Å². The number of carbonyl (C=O) groups is 4. The number of fused-ring (bicyclic) bond motifs is 2. The van der Waals surface area contributed by atoms with Gasteiger partial charge in [-0.25, -0.2) is 0 Å². The normalized spacial score (nSPS) is 15.7. The predicted octanol–water partition coefficient (Wildman–Crippen LogP) is 1.40. The van der Waals surface area contributed by atoms with Crippen LogP contribution in [0.2, 0.25) is 0 Å². The minimum atomic E-state index is -1.08. The van der Waals surface area contributed by atoms with Crippen LogP contribution in [0.5, 0.6) is 0 Å². The van der Waals surface area contributed by atoms with E-state index in [9.17, 15) is 29.3 Å². The Kier molecular flexibility index (Phi) is 2.83. The highest BCUT2D eigenvalue weighted by molar-refractivity contribution is 6.29. The average molecular weight is 337 g/mol. The van der Waals surface area contributed by atoms with Crippen LogP contribution in [0.25, 0.3) is 0 Å². The average Bonchev–Trinajstić information content (AvgIpc) is 3.00. The molecule has 0 N–H and O–H groups in total. The number of nitrogens with zero attached hydrogens (tertiary/aromatic N) is 3. The zero-order valence-electron chi connectivity index (χ0n) is 12.3. The van der Waals surface area contributed by atoms with E-state index in [0.29, 0.717) is 10.0 Å². The Bertz CT molecular complexity index is 993. The van der Waals surface area contributed by atoms with Gasteiger partial charge in [-0.15, -0.1) is 0 Å². The SMILES string of the molecule is O=C1c2ccccc2C(=O)N1N1C(=O)c2cccc([N+](=O)[O-])c2C1=O. The van der Waals surface area contributed by atoms with Crippen LogP contribution in [0.15, 0.2) is 42.5 Å². The first-order valence-electron chi connectivity index (χ1n) is 7.07. The van der Waals surface area contributed by atoms with Gasteiger partial charge in [0.15, 0.2) is 0 Å². The summed E-state index contributed by atoms with van der Waals surface area (Å²) in [5, 5.41) is 11.9. The molecule has 4 amide bonds. The van der Waals surface area contributed by atoms with Crippen LogP contribution in [0.4, 0.5) is 5.69 Å². The first kappa shape index (κ1) is 14.7. The van der Waals surface area contributed by atoms with Crippen LogP contribution < -0.4 is 0 Å². The summed E-state index contributed by atoms with van der Waals surface area (Å²) in [4.78, 5) is 60.5. The third-order valence-electron chi connectivity index (χ3n) is 4.04. The summed E-state index contributed by atoms with van der Waals surface area (Å²) in [7, 11) is 0. The predicted molar refractivity (Wildman–Crippen MR) is 80.5 cm³/mol. The Morgan fingerprint density at radius 3 is 1.72 bits per heavy atom. The van der Waals surface area contributed by atoms with E-state index >= 15 is 0 Å². The van der Waals surface area contributed by atoms with E-state index < -0.39 is 39.8 Å². The Morgan fingerprint density at radius 1 is 0.680 bits per heavy atom. The molecular formula is C16H7N3O6. The van der Waals surface area contributed by atoms with Gasteiger partial charge in [-0.1, -0.05) is 18.2 Å². The molecule has 0 radical (unpaired) electrons. The molecule has 0 aromatic heterocycles. The van der Waals surface area contributed by atoms with Gasteiger partial charge in [0.1, 0.15) is 5.56 Å². The molecule has 0 aliphatic carbocycles. The zero-order chi connectivity index (χ0) is 17.9. The second kappa shape index (κ2) is 4.81. The number of hydrazine groups is 1. The summed E-state index contributed by atoms with van der Waals surface area (Å²) < 4.78 is 0. The fourth-order valence-corrected chi connectivity index (χ4v) is 2.95. The number of rotatable bonds is 2. The monoisotopic (exact) mass is 337 g/mol. The Balaban J connectivity index is 1.85. The number of hydrogen-bond acceptors (Lipinski definition) is 6. The van der Waals surface area contributed by atoms with E-state index in [0.717, 1.165) is 6.07 Å². The minimum Gasteiger partial charge on any atom is -0.267 e. The molecule has 4 rings (SSSR count). The Morgan fingerprint density at radius 2 is 1.16 bits per heavy atom. The van der Waals surface area contributed by atoms with E-state index in [1.165, 1.54) is 24.3 Å². The molecule has 0 unspecified atom stereocenters. The molecule has 122 valence electrons. The molecule has 0 saturated carbocycles. The van der Waals surface area contributed by atoms with Crippen LogP contribution in [0.1, 0.15) is 41.4 Å². The maximum atomic E-state index is 12.6. The topological polar surface area (TPSA) is 118 Å². The van der Waals surface area contributed by atoms with E-state index in [4.69, 9.17) is 0 Å². The van der Waals surface area contributed by atoms with Crippen molar-refractivity contribution in [3.05, 3.63) is 74.8 Å². The molecule has 0 spiro atoms. The van der Waals surface area contributed by atoms with Crippen LogP contribution in [-0.2, 0) is 0 Å². The van der Waals surface area contributed by atoms with E-state index in [1.54, 1.807) is 12.1 Å². The minimum absolute atomic E-state index is 0.0542. The van der Waals surface area contributed by atoms with E-state index in [2.05, 4.69) is 0 Å². The van der Waals surface area contributed by atoms with Gasteiger partial charge in [-0.05, 0) is 18.2 Å². The van der Waals surface area contributed by atoms with Crippen molar-refractivity contribution >= 4 is 29.3 Å². The first-order chi connectivity index (χ1) is 11.9. The highest BCUT2D eigenvalue weighted by atomic mass is 16.6. The number of amides is 4. The molecule has 9 heteroatoms. The third kappa shape index (κ3) is 1.77. The van der Waals surface area contributed by atoms with Crippen molar-refractivity contribution < 1.29 is 24.1 Å². The van der Waals surface area contributed by atoms with Gasteiger partial charge in [0.2, 0.25) is 0 Å². The Labute approximate surface area is 139 Å². The van der Waals surface area contributed by atoms with Crippen molar-refractivity contribution in [1.82, 2.24) is 10.0 Å². The van der Waals surface area contributed by atoms with E-state index in [1.807, 2.05) is 0 Å². The van der Waals surface area contributed by atoms with Crippen LogP contribution in [0.3, 0.4) is 0 Å². The summed E-state index contributed by atoms with van der Waals surface area (Å²) in [5.41, 5.74) is -1.11. The zero-order valence-corrected chi connectivity index (χ0v) is 12.3. The molecule has 0 bridgehead atoms. The summed E-state index contributed by atoms with van der Waals surface area (Å²) in [6, 6.07) is 9.46. The van der Waals surface area contributed by atoms with Gasteiger partial charge >= 0.3 is 0 Å². The Hall–Kier alpha value is -3.88. The number of nitro groups is 1. The fourth-order valence-electron chi connectivity index (χ4n) is 2.95. The molecule has 2 aromatic rings. The standard InChI is InChI=1S/C16H7N3O6/c20-13-8-4-1-2-5-9(8)14(21)17(13)18-15(22)10-6-3-7-11(19(24)25)12(10)16(18)23/h1-7H. The molecule has 25 heavy (non-hydrogen) atoms. The molecule has 2 aromatic carbocycles. The van der Waals surface area contributed by atoms with Crippen molar-refractivity contribution in [2.45, 2.75) is 0 Å². The highest BCUT2D eigenvalue weighted by Crippen LogP contribution is 2.34. The highest BCUT2D eigenvalue weighted by Gasteiger charge is 2.50. The van der Waals surface area contributed by atoms with Crippen molar-refractivity contribution in [2.24, 2.45) is 0 Å². The van der Waals surface area contributed by atoms with Gasteiger partial charge in [0.05, 0.1) is 21.6 Å². The fraction of sp³-hybridized carbons (Fsp3) is 0. The molecule has 9 nitrogen and oxygen atoms in total. The quantitative estimate of drug-likeness (QED) is 0.464. The van der Waals surface area contributed by atoms with Crippen molar-refractivity contribution in [2.75, 3.05) is 0 Å². The molecule has 0 fully saturated rings. The molecule has 2 heterocycles. The number of benzene rings is 2. The van der Waals surface area contributed by atoms with Crippen molar-refractivity contribution in [3.63, 3.8) is 0 Å². The number of carbonyl (C=O) groups excluding carboxylic acids is 4. The molecule has 2 aliphatic rings. The van der Waals surface area contributed by atoms with Gasteiger partial charge in [-0.2, -0.15) is 10.0 Å². The lowest BCUT2D eigenvalue weighted by atomic mass is 10.1. The second-order valence-corrected chi connectivity index (χ2v) is 5.35.